The lowest BCUT2D eigenvalue weighted by atomic mass is 10.1. The predicted octanol–water partition coefficient (Wildman–Crippen LogP) is 3.56. The first-order valence-electron chi connectivity index (χ1n) is 10.3. The summed E-state index contributed by atoms with van der Waals surface area (Å²) in [5.41, 5.74) is 4.32. The number of aryl methyl sites for hydroxylation is 4. The molecule has 1 N–H and O–H groups in total. The lowest BCUT2D eigenvalue weighted by molar-refractivity contribution is -0.389. The number of hydrogen-bond donors (Lipinski definition) is 1. The molecule has 0 saturated heterocycles. The van der Waals surface area contributed by atoms with Crippen LogP contribution in [0.15, 0.2) is 40.9 Å². The lowest BCUT2D eigenvalue weighted by Crippen LogP contribution is -2.17. The van der Waals surface area contributed by atoms with Gasteiger partial charge in [0.25, 0.3) is 5.91 Å². The third-order valence-corrected chi connectivity index (χ3v) is 5.30. The monoisotopic (exact) mass is 449 g/mol. The first-order valence-corrected chi connectivity index (χ1v) is 10.3. The molecule has 3 aromatic heterocycles. The average molecular weight is 449 g/mol. The summed E-state index contributed by atoms with van der Waals surface area (Å²) in [5.74, 6) is 0.0742. The van der Waals surface area contributed by atoms with Gasteiger partial charge in [-0.05, 0) is 38.2 Å². The van der Waals surface area contributed by atoms with Gasteiger partial charge in [-0.2, -0.15) is 9.78 Å². The SMILES string of the molecule is Cc1cccc(Cn2nc(NC(=O)c3noc(C)c3Cn3nc([N+](=O)[O-])cc3C)cc2C)c1. The Morgan fingerprint density at radius 1 is 1.06 bits per heavy atom. The number of carbonyl (C=O) groups excluding carboxylic acids is 1. The number of carbonyl (C=O) groups is 1. The third kappa shape index (κ3) is 4.66. The van der Waals surface area contributed by atoms with E-state index in [4.69, 9.17) is 4.52 Å². The van der Waals surface area contributed by atoms with Gasteiger partial charge in [0, 0.05) is 11.8 Å². The van der Waals surface area contributed by atoms with E-state index in [0.717, 1.165) is 16.8 Å². The molecule has 0 bridgehead atoms. The number of nitro groups is 1. The molecular formula is C22H23N7O4. The minimum Gasteiger partial charge on any atom is -0.361 e. The Hall–Kier alpha value is -4.28. The molecule has 0 unspecified atom stereocenters. The molecule has 33 heavy (non-hydrogen) atoms. The lowest BCUT2D eigenvalue weighted by Gasteiger charge is -2.05. The number of hydrogen-bond acceptors (Lipinski definition) is 7. The van der Waals surface area contributed by atoms with Crippen LogP contribution in [0, 0.1) is 37.8 Å². The summed E-state index contributed by atoms with van der Waals surface area (Å²) in [6.45, 7) is 8.01. The van der Waals surface area contributed by atoms with Crippen LogP contribution in [0.4, 0.5) is 11.6 Å². The molecular weight excluding hydrogens is 426 g/mol. The van der Waals surface area contributed by atoms with E-state index in [1.165, 1.54) is 10.7 Å². The average Bonchev–Trinajstić information content (AvgIpc) is 3.41. The third-order valence-electron chi connectivity index (χ3n) is 5.30. The maximum Gasteiger partial charge on any atom is 0.390 e. The van der Waals surface area contributed by atoms with Crippen LogP contribution in [-0.2, 0) is 13.1 Å². The van der Waals surface area contributed by atoms with Crippen LogP contribution < -0.4 is 5.32 Å². The molecule has 1 amide bonds. The highest BCUT2D eigenvalue weighted by atomic mass is 16.6. The highest BCUT2D eigenvalue weighted by molar-refractivity contribution is 6.03. The fourth-order valence-corrected chi connectivity index (χ4v) is 3.54. The van der Waals surface area contributed by atoms with Crippen LogP contribution >= 0.6 is 0 Å². The maximum absolute atomic E-state index is 12.9. The van der Waals surface area contributed by atoms with Crippen molar-refractivity contribution in [2.75, 3.05) is 5.32 Å². The second-order valence-electron chi connectivity index (χ2n) is 7.90. The molecule has 1 aromatic carbocycles. The predicted molar refractivity (Wildman–Crippen MR) is 119 cm³/mol. The minimum atomic E-state index is -0.562. The normalized spacial score (nSPS) is 11.0. The van der Waals surface area contributed by atoms with E-state index in [2.05, 4.69) is 26.7 Å². The summed E-state index contributed by atoms with van der Waals surface area (Å²) in [4.78, 5) is 23.4. The Morgan fingerprint density at radius 3 is 2.48 bits per heavy atom. The van der Waals surface area contributed by atoms with Crippen molar-refractivity contribution >= 4 is 17.5 Å². The molecule has 0 spiro atoms. The van der Waals surface area contributed by atoms with E-state index in [1.54, 1.807) is 19.9 Å². The van der Waals surface area contributed by atoms with E-state index in [9.17, 15) is 14.9 Å². The zero-order valence-electron chi connectivity index (χ0n) is 18.7. The molecule has 3 heterocycles. The van der Waals surface area contributed by atoms with Gasteiger partial charge in [0.2, 0.25) is 0 Å². The molecule has 11 heteroatoms. The number of nitrogens with one attached hydrogen (secondary N) is 1. The number of nitrogens with zero attached hydrogens (tertiary/aromatic N) is 6. The van der Waals surface area contributed by atoms with Crippen molar-refractivity contribution in [1.29, 1.82) is 0 Å². The smallest absolute Gasteiger partial charge is 0.361 e. The van der Waals surface area contributed by atoms with Crippen molar-refractivity contribution in [2.45, 2.75) is 40.8 Å². The summed E-state index contributed by atoms with van der Waals surface area (Å²) >= 11 is 0. The van der Waals surface area contributed by atoms with E-state index < -0.39 is 10.8 Å². The molecule has 170 valence electrons. The van der Waals surface area contributed by atoms with Crippen LogP contribution in [0.5, 0.6) is 0 Å². The van der Waals surface area contributed by atoms with Crippen molar-refractivity contribution in [2.24, 2.45) is 0 Å². The fraction of sp³-hybridized carbons (Fsp3) is 0.273. The largest absolute Gasteiger partial charge is 0.390 e. The van der Waals surface area contributed by atoms with Crippen LogP contribution in [0.25, 0.3) is 0 Å². The Morgan fingerprint density at radius 2 is 1.79 bits per heavy atom. The van der Waals surface area contributed by atoms with Gasteiger partial charge >= 0.3 is 5.82 Å². The van der Waals surface area contributed by atoms with E-state index in [1.807, 2.05) is 36.7 Å². The highest BCUT2D eigenvalue weighted by Crippen LogP contribution is 2.20. The molecule has 0 aliphatic heterocycles. The van der Waals surface area contributed by atoms with E-state index >= 15 is 0 Å². The number of benzene rings is 1. The summed E-state index contributed by atoms with van der Waals surface area (Å²) in [6, 6.07) is 11.3. The van der Waals surface area contributed by atoms with Crippen LogP contribution in [-0.4, -0.2) is 35.5 Å². The van der Waals surface area contributed by atoms with Crippen molar-refractivity contribution in [3.63, 3.8) is 0 Å². The Kier molecular flexibility index (Phi) is 5.78. The Bertz CT molecular complexity index is 1350. The zero-order valence-corrected chi connectivity index (χ0v) is 18.7. The van der Waals surface area contributed by atoms with Crippen LogP contribution in [0.2, 0.25) is 0 Å². The highest BCUT2D eigenvalue weighted by Gasteiger charge is 2.24. The van der Waals surface area contributed by atoms with Gasteiger partial charge < -0.3 is 20.0 Å². The van der Waals surface area contributed by atoms with Gasteiger partial charge in [-0.15, -0.1) is 0 Å². The second-order valence-corrected chi connectivity index (χ2v) is 7.90. The quantitative estimate of drug-likeness (QED) is 0.337. The minimum absolute atomic E-state index is 0.0796. The maximum atomic E-state index is 12.9. The van der Waals surface area contributed by atoms with Crippen molar-refractivity contribution < 1.29 is 14.2 Å². The van der Waals surface area contributed by atoms with Crippen molar-refractivity contribution in [3.8, 4) is 0 Å². The van der Waals surface area contributed by atoms with Gasteiger partial charge in [0.1, 0.15) is 5.76 Å². The Labute approximate surface area is 189 Å². The zero-order chi connectivity index (χ0) is 23.7. The molecule has 0 fully saturated rings. The van der Waals surface area contributed by atoms with Gasteiger partial charge in [0.15, 0.2) is 11.5 Å². The van der Waals surface area contributed by atoms with Gasteiger partial charge in [-0.3, -0.25) is 9.48 Å². The second kappa shape index (κ2) is 8.69. The molecule has 4 aromatic rings. The topological polar surface area (TPSA) is 134 Å². The van der Waals surface area contributed by atoms with Crippen LogP contribution in [0.1, 0.15) is 44.3 Å². The first-order chi connectivity index (χ1) is 15.7. The molecule has 0 saturated carbocycles. The Balaban J connectivity index is 1.52. The molecule has 11 nitrogen and oxygen atoms in total. The fourth-order valence-electron chi connectivity index (χ4n) is 3.54. The molecule has 0 aliphatic rings. The molecule has 0 aliphatic carbocycles. The van der Waals surface area contributed by atoms with E-state index in [-0.39, 0.29) is 18.1 Å². The van der Waals surface area contributed by atoms with Crippen molar-refractivity contribution in [1.82, 2.24) is 24.7 Å². The number of aromatic nitrogens is 5. The standard InChI is InChI=1S/C22H23N7O4/c1-13-6-5-7-17(8-13)11-27-14(2)9-19(24-27)23-22(30)21-18(16(4)33-26-21)12-28-15(3)10-20(25-28)29(31)32/h5-10H,11-12H2,1-4H3,(H,23,24,30). The molecule has 4 rings (SSSR count). The summed E-state index contributed by atoms with van der Waals surface area (Å²) in [5, 5.41) is 26.1. The van der Waals surface area contributed by atoms with Crippen molar-refractivity contribution in [3.05, 3.63) is 86.0 Å². The summed E-state index contributed by atoms with van der Waals surface area (Å²) in [7, 11) is 0. The first kappa shape index (κ1) is 21.9. The van der Waals surface area contributed by atoms with Gasteiger partial charge in [-0.1, -0.05) is 35.0 Å². The van der Waals surface area contributed by atoms with Gasteiger partial charge in [0.05, 0.1) is 35.5 Å². The summed E-state index contributed by atoms with van der Waals surface area (Å²) < 4.78 is 8.48. The number of anilines is 1. The van der Waals surface area contributed by atoms with Gasteiger partial charge in [-0.25, -0.2) is 0 Å². The summed E-state index contributed by atoms with van der Waals surface area (Å²) in [6.07, 6.45) is 0. The molecule has 0 radical (unpaired) electrons. The number of amides is 1. The van der Waals surface area contributed by atoms with E-state index in [0.29, 0.717) is 29.4 Å². The number of rotatable bonds is 7. The molecule has 0 atom stereocenters. The van der Waals surface area contributed by atoms with Crippen LogP contribution in [0.3, 0.4) is 0 Å².